The molecule has 0 radical (unpaired) electrons. The number of aryl methyl sites for hydroxylation is 2. The minimum Gasteiger partial charge on any atom is -0.493 e. The average molecular weight is 399 g/mol. The Bertz CT molecular complexity index is 983. The third-order valence-electron chi connectivity index (χ3n) is 4.08. The molecular formula is C21H21NO5S. The van der Waals surface area contributed by atoms with Gasteiger partial charge in [-0.15, -0.1) is 11.3 Å². The summed E-state index contributed by atoms with van der Waals surface area (Å²) in [5, 5.41) is 11.2. The van der Waals surface area contributed by atoms with E-state index in [9.17, 15) is 4.79 Å². The van der Waals surface area contributed by atoms with Crippen molar-refractivity contribution in [2.24, 2.45) is 0 Å². The molecule has 3 rings (SSSR count). The maximum atomic E-state index is 11.0. The molecule has 0 aliphatic rings. The quantitative estimate of drug-likeness (QED) is 0.558. The summed E-state index contributed by atoms with van der Waals surface area (Å²) >= 11 is 1.27. The van der Waals surface area contributed by atoms with Gasteiger partial charge in [-0.3, -0.25) is 0 Å². The minimum absolute atomic E-state index is 0.0280. The molecular weight excluding hydrogens is 378 g/mol. The number of nitrogens with zero attached hydrogens (tertiary/aromatic N) is 1. The van der Waals surface area contributed by atoms with E-state index >= 15 is 0 Å². The van der Waals surface area contributed by atoms with Crippen molar-refractivity contribution in [3.8, 4) is 27.8 Å². The summed E-state index contributed by atoms with van der Waals surface area (Å²) in [6.07, 6.45) is 0. The van der Waals surface area contributed by atoms with Crippen LogP contribution in [0.1, 0.15) is 21.6 Å². The van der Waals surface area contributed by atoms with E-state index in [-0.39, 0.29) is 5.69 Å². The number of methoxy groups -OCH3 is 1. The molecule has 28 heavy (non-hydrogen) atoms. The van der Waals surface area contributed by atoms with Crippen LogP contribution in [-0.2, 0) is 0 Å². The standard InChI is InChI=1S/C21H21NO5S/c1-13-4-5-14(2)18(10-13)26-8-9-27-19-11-15(6-7-17(19)25-3)20-22-16(12-28-20)21(23)24/h4-7,10-12H,8-9H2,1-3H3,(H,23,24). The van der Waals surface area contributed by atoms with E-state index < -0.39 is 5.97 Å². The summed E-state index contributed by atoms with van der Waals surface area (Å²) in [6.45, 7) is 4.75. The number of carbonyl (C=O) groups is 1. The van der Waals surface area contributed by atoms with Gasteiger partial charge in [0, 0.05) is 10.9 Å². The fraction of sp³-hybridized carbons (Fsp3) is 0.238. The average Bonchev–Trinajstić information content (AvgIpc) is 3.18. The molecule has 0 amide bonds. The van der Waals surface area contributed by atoms with Gasteiger partial charge in [0.25, 0.3) is 0 Å². The van der Waals surface area contributed by atoms with Crippen LogP contribution in [-0.4, -0.2) is 36.4 Å². The molecule has 0 aliphatic carbocycles. The molecule has 0 unspecified atom stereocenters. The molecule has 0 saturated carbocycles. The van der Waals surface area contributed by atoms with Crippen LogP contribution in [0.3, 0.4) is 0 Å². The van der Waals surface area contributed by atoms with Crippen molar-refractivity contribution in [1.82, 2.24) is 4.98 Å². The van der Waals surface area contributed by atoms with E-state index in [1.807, 2.05) is 38.1 Å². The first kappa shape index (κ1) is 19.7. The highest BCUT2D eigenvalue weighted by Crippen LogP contribution is 2.34. The number of thiazole rings is 1. The van der Waals surface area contributed by atoms with Crippen LogP contribution < -0.4 is 14.2 Å². The number of aromatic nitrogens is 1. The maximum absolute atomic E-state index is 11.0. The first-order valence-corrected chi connectivity index (χ1v) is 9.56. The molecule has 1 aromatic heterocycles. The van der Waals surface area contributed by atoms with Crippen LogP contribution in [0.2, 0.25) is 0 Å². The van der Waals surface area contributed by atoms with E-state index in [1.165, 1.54) is 16.7 Å². The molecule has 3 aromatic rings. The van der Waals surface area contributed by atoms with Gasteiger partial charge in [0.15, 0.2) is 17.2 Å². The van der Waals surface area contributed by atoms with E-state index in [2.05, 4.69) is 4.98 Å². The highest BCUT2D eigenvalue weighted by Gasteiger charge is 2.13. The zero-order valence-electron chi connectivity index (χ0n) is 15.9. The minimum atomic E-state index is -1.05. The lowest BCUT2D eigenvalue weighted by atomic mass is 10.1. The molecule has 6 nitrogen and oxygen atoms in total. The Kier molecular flexibility index (Phi) is 6.16. The summed E-state index contributed by atoms with van der Waals surface area (Å²) in [5.74, 6) is 0.937. The number of aromatic carboxylic acids is 1. The predicted octanol–water partition coefficient (Wildman–Crippen LogP) is 4.59. The number of hydrogen-bond donors (Lipinski definition) is 1. The summed E-state index contributed by atoms with van der Waals surface area (Å²) in [7, 11) is 1.57. The van der Waals surface area contributed by atoms with Crippen molar-refractivity contribution in [2.75, 3.05) is 20.3 Å². The molecule has 0 atom stereocenters. The second-order valence-electron chi connectivity index (χ2n) is 6.17. The number of ether oxygens (including phenoxy) is 3. The monoisotopic (exact) mass is 399 g/mol. The van der Waals surface area contributed by atoms with Crippen molar-refractivity contribution in [3.05, 3.63) is 58.6 Å². The molecule has 2 aromatic carbocycles. The fourth-order valence-electron chi connectivity index (χ4n) is 2.59. The Morgan fingerprint density at radius 1 is 1.04 bits per heavy atom. The van der Waals surface area contributed by atoms with Gasteiger partial charge in [-0.05, 0) is 49.2 Å². The van der Waals surface area contributed by atoms with E-state index in [0.29, 0.717) is 29.7 Å². The Balaban J connectivity index is 1.68. The SMILES string of the molecule is COc1ccc(-c2nc(C(=O)O)cs2)cc1OCCOc1cc(C)ccc1C. The molecule has 146 valence electrons. The fourth-order valence-corrected chi connectivity index (χ4v) is 3.38. The lowest BCUT2D eigenvalue weighted by Crippen LogP contribution is -2.10. The van der Waals surface area contributed by atoms with Crippen LogP contribution in [0, 0.1) is 13.8 Å². The highest BCUT2D eigenvalue weighted by atomic mass is 32.1. The van der Waals surface area contributed by atoms with Crippen molar-refractivity contribution < 1.29 is 24.1 Å². The zero-order chi connectivity index (χ0) is 20.1. The topological polar surface area (TPSA) is 77.9 Å². The Labute approximate surface area is 167 Å². The number of rotatable bonds is 8. The van der Waals surface area contributed by atoms with Crippen molar-refractivity contribution in [2.45, 2.75) is 13.8 Å². The van der Waals surface area contributed by atoms with Crippen LogP contribution in [0.25, 0.3) is 10.6 Å². The Morgan fingerprint density at radius 2 is 1.79 bits per heavy atom. The molecule has 0 aliphatic heterocycles. The van der Waals surface area contributed by atoms with Crippen LogP contribution in [0.15, 0.2) is 41.8 Å². The normalized spacial score (nSPS) is 10.5. The smallest absolute Gasteiger partial charge is 0.355 e. The highest BCUT2D eigenvalue weighted by molar-refractivity contribution is 7.13. The molecule has 0 saturated heterocycles. The van der Waals surface area contributed by atoms with Gasteiger partial charge in [0.05, 0.1) is 7.11 Å². The Hall–Kier alpha value is -3.06. The van der Waals surface area contributed by atoms with Crippen LogP contribution >= 0.6 is 11.3 Å². The molecule has 1 N–H and O–H groups in total. The zero-order valence-corrected chi connectivity index (χ0v) is 16.7. The second-order valence-corrected chi connectivity index (χ2v) is 7.03. The first-order valence-electron chi connectivity index (χ1n) is 8.68. The van der Waals surface area contributed by atoms with Gasteiger partial charge in [-0.25, -0.2) is 9.78 Å². The lowest BCUT2D eigenvalue weighted by molar-refractivity contribution is 0.0691. The van der Waals surface area contributed by atoms with Crippen LogP contribution in [0.4, 0.5) is 0 Å². The third-order valence-corrected chi connectivity index (χ3v) is 4.97. The van der Waals surface area contributed by atoms with Gasteiger partial charge >= 0.3 is 5.97 Å². The third kappa shape index (κ3) is 4.61. The van der Waals surface area contributed by atoms with E-state index in [0.717, 1.165) is 22.4 Å². The van der Waals surface area contributed by atoms with Gasteiger partial charge < -0.3 is 19.3 Å². The predicted molar refractivity (Wildman–Crippen MR) is 108 cm³/mol. The number of hydrogen-bond acceptors (Lipinski definition) is 6. The number of carboxylic acids is 1. The van der Waals surface area contributed by atoms with Gasteiger partial charge in [0.2, 0.25) is 0 Å². The molecule has 0 spiro atoms. The first-order chi connectivity index (χ1) is 13.5. The maximum Gasteiger partial charge on any atom is 0.355 e. The second kappa shape index (κ2) is 8.75. The van der Waals surface area contributed by atoms with Crippen molar-refractivity contribution >= 4 is 17.3 Å². The summed E-state index contributed by atoms with van der Waals surface area (Å²) in [6, 6.07) is 11.5. The summed E-state index contributed by atoms with van der Waals surface area (Å²) < 4.78 is 17.0. The lowest BCUT2D eigenvalue weighted by Gasteiger charge is -2.13. The van der Waals surface area contributed by atoms with Crippen molar-refractivity contribution in [3.63, 3.8) is 0 Å². The Morgan fingerprint density at radius 3 is 2.46 bits per heavy atom. The molecule has 0 fully saturated rings. The van der Waals surface area contributed by atoms with Crippen LogP contribution in [0.5, 0.6) is 17.2 Å². The van der Waals surface area contributed by atoms with Gasteiger partial charge in [0.1, 0.15) is 24.0 Å². The van der Waals surface area contributed by atoms with Gasteiger partial charge in [-0.2, -0.15) is 0 Å². The van der Waals surface area contributed by atoms with Gasteiger partial charge in [-0.1, -0.05) is 12.1 Å². The number of benzene rings is 2. The summed E-state index contributed by atoms with van der Waals surface area (Å²) in [4.78, 5) is 15.2. The molecule has 0 bridgehead atoms. The number of carboxylic acid groups (broad SMARTS) is 1. The molecule has 1 heterocycles. The van der Waals surface area contributed by atoms with E-state index in [1.54, 1.807) is 19.2 Å². The largest absolute Gasteiger partial charge is 0.493 e. The van der Waals surface area contributed by atoms with Crippen molar-refractivity contribution in [1.29, 1.82) is 0 Å². The molecule has 7 heteroatoms. The summed E-state index contributed by atoms with van der Waals surface area (Å²) in [5.41, 5.74) is 3.01. The van der Waals surface area contributed by atoms with E-state index in [4.69, 9.17) is 19.3 Å².